The fourth-order valence-corrected chi connectivity index (χ4v) is 1.54. The molecule has 1 heterocycles. The molecule has 0 atom stereocenters. The highest BCUT2D eigenvalue weighted by molar-refractivity contribution is 7.90. The van der Waals surface area contributed by atoms with Gasteiger partial charge in [-0.3, -0.25) is 0 Å². The van der Waals surface area contributed by atoms with Crippen molar-refractivity contribution < 1.29 is 13.5 Å². The summed E-state index contributed by atoms with van der Waals surface area (Å²) in [7, 11) is -3.33. The van der Waals surface area contributed by atoms with Crippen molar-refractivity contribution in [2.24, 2.45) is 0 Å². The molecule has 0 aromatic carbocycles. The van der Waals surface area contributed by atoms with Crippen LogP contribution in [0.1, 0.15) is 5.69 Å². The van der Waals surface area contributed by atoms with Crippen LogP contribution in [0.4, 0.5) is 0 Å². The fourth-order valence-electron chi connectivity index (χ4n) is 0.782. The molecule has 0 aliphatic heterocycles. The predicted octanol–water partition coefficient (Wildman–Crippen LogP) is 0.631. The Hall–Kier alpha value is -0.650. The van der Waals surface area contributed by atoms with Crippen molar-refractivity contribution in [3.63, 3.8) is 0 Å². The minimum Gasteiger partial charge on any atom is -0.390 e. The van der Waals surface area contributed by atoms with Gasteiger partial charge in [0.05, 0.1) is 17.3 Å². The molecule has 1 aromatic rings. The van der Waals surface area contributed by atoms with Gasteiger partial charge in [0, 0.05) is 6.26 Å². The summed E-state index contributed by atoms with van der Waals surface area (Å²) in [6.07, 6.45) is 1.05. The number of hydrogen-bond acceptors (Lipinski definition) is 4. The molecule has 0 radical (unpaired) electrons. The van der Waals surface area contributed by atoms with Crippen molar-refractivity contribution in [3.05, 3.63) is 22.8 Å². The van der Waals surface area contributed by atoms with Gasteiger partial charge in [-0.25, -0.2) is 13.4 Å². The second-order valence-corrected chi connectivity index (χ2v) is 4.88. The number of aliphatic hydroxyl groups is 1. The first-order chi connectivity index (χ1) is 5.95. The number of aliphatic hydroxyl groups excluding tert-OH is 1. The van der Waals surface area contributed by atoms with Crippen LogP contribution in [0.25, 0.3) is 0 Å². The minimum atomic E-state index is -3.33. The number of halogens is 1. The van der Waals surface area contributed by atoms with Crippen molar-refractivity contribution in [1.29, 1.82) is 0 Å². The van der Waals surface area contributed by atoms with E-state index in [0.717, 1.165) is 6.26 Å². The molecule has 6 heteroatoms. The van der Waals surface area contributed by atoms with E-state index in [1.165, 1.54) is 12.1 Å². The van der Waals surface area contributed by atoms with Gasteiger partial charge in [0.25, 0.3) is 0 Å². The smallest absolute Gasteiger partial charge is 0.192 e. The molecule has 13 heavy (non-hydrogen) atoms. The Bertz CT molecular complexity index is 416. The summed E-state index contributed by atoms with van der Waals surface area (Å²) in [4.78, 5) is 3.69. The number of nitrogens with zero attached hydrogens (tertiary/aromatic N) is 1. The molecule has 0 aliphatic carbocycles. The second-order valence-electron chi connectivity index (χ2n) is 2.51. The predicted molar refractivity (Wildman–Crippen MR) is 48.3 cm³/mol. The standard InChI is InChI=1S/C7H8ClNO3S/c1-13(11,12)7-3-2-5(8)6(4-10)9-7/h2-3,10H,4H2,1H3. The molecule has 4 nitrogen and oxygen atoms in total. The number of hydrogen-bond donors (Lipinski definition) is 1. The zero-order valence-corrected chi connectivity index (χ0v) is 8.43. The average molecular weight is 222 g/mol. The number of aromatic nitrogens is 1. The van der Waals surface area contributed by atoms with E-state index >= 15 is 0 Å². The van der Waals surface area contributed by atoms with Gasteiger partial charge in [-0.15, -0.1) is 0 Å². The van der Waals surface area contributed by atoms with Gasteiger partial charge in [-0.2, -0.15) is 0 Å². The Labute approximate surface area is 81.1 Å². The number of pyridine rings is 1. The normalized spacial score (nSPS) is 11.6. The van der Waals surface area contributed by atoms with Gasteiger partial charge in [0.2, 0.25) is 0 Å². The summed E-state index contributed by atoms with van der Waals surface area (Å²) in [5.41, 5.74) is 0.171. The molecule has 0 saturated heterocycles. The number of rotatable bonds is 2. The van der Waals surface area contributed by atoms with Crippen LogP contribution in [-0.2, 0) is 16.4 Å². The first-order valence-corrected chi connectivity index (χ1v) is 5.68. The van der Waals surface area contributed by atoms with Crippen LogP contribution < -0.4 is 0 Å². The van der Waals surface area contributed by atoms with Gasteiger partial charge in [0.15, 0.2) is 14.9 Å². The van der Waals surface area contributed by atoms with Crippen molar-refractivity contribution in [2.75, 3.05) is 6.26 Å². The maximum atomic E-state index is 11.0. The molecule has 0 saturated carbocycles. The molecule has 0 fully saturated rings. The molecule has 1 rings (SSSR count). The van der Waals surface area contributed by atoms with Crippen molar-refractivity contribution in [3.8, 4) is 0 Å². The van der Waals surface area contributed by atoms with Gasteiger partial charge in [-0.05, 0) is 12.1 Å². The Morgan fingerprint density at radius 1 is 1.54 bits per heavy atom. The van der Waals surface area contributed by atoms with E-state index < -0.39 is 9.84 Å². The average Bonchev–Trinajstić information content (AvgIpc) is 2.03. The Balaban J connectivity index is 3.30. The topological polar surface area (TPSA) is 67.3 Å². The summed E-state index contributed by atoms with van der Waals surface area (Å²) in [6.45, 7) is -0.373. The largest absolute Gasteiger partial charge is 0.390 e. The second kappa shape index (κ2) is 3.61. The molecular formula is C7H8ClNO3S. The third-order valence-electron chi connectivity index (χ3n) is 1.42. The molecule has 0 aliphatic rings. The molecule has 0 spiro atoms. The highest BCUT2D eigenvalue weighted by Gasteiger charge is 2.11. The van der Waals surface area contributed by atoms with Crippen LogP contribution in [0.5, 0.6) is 0 Å². The van der Waals surface area contributed by atoms with Gasteiger partial charge in [0.1, 0.15) is 0 Å². The third kappa shape index (κ3) is 2.40. The quantitative estimate of drug-likeness (QED) is 0.796. The summed E-state index contributed by atoms with van der Waals surface area (Å²) >= 11 is 5.63. The van der Waals surface area contributed by atoms with Crippen LogP contribution in [-0.4, -0.2) is 24.8 Å². The van der Waals surface area contributed by atoms with Crippen LogP contribution >= 0.6 is 11.6 Å². The van der Waals surface area contributed by atoms with Crippen molar-refractivity contribution in [1.82, 2.24) is 4.98 Å². The van der Waals surface area contributed by atoms with Crippen LogP contribution in [0.3, 0.4) is 0 Å². The summed E-state index contributed by atoms with van der Waals surface area (Å²) in [5, 5.41) is 8.94. The van der Waals surface area contributed by atoms with Gasteiger partial charge < -0.3 is 5.11 Å². The van der Waals surface area contributed by atoms with E-state index in [2.05, 4.69) is 4.98 Å². The monoisotopic (exact) mass is 221 g/mol. The van der Waals surface area contributed by atoms with Crippen molar-refractivity contribution >= 4 is 21.4 Å². The molecule has 0 amide bonds. The summed E-state index contributed by atoms with van der Waals surface area (Å²) < 4.78 is 22.1. The maximum Gasteiger partial charge on any atom is 0.192 e. The molecule has 72 valence electrons. The zero-order chi connectivity index (χ0) is 10.1. The Morgan fingerprint density at radius 2 is 2.15 bits per heavy atom. The van der Waals surface area contributed by atoms with E-state index in [0.29, 0.717) is 0 Å². The first kappa shape index (κ1) is 10.4. The van der Waals surface area contributed by atoms with E-state index in [1.54, 1.807) is 0 Å². The molecular weight excluding hydrogens is 214 g/mol. The van der Waals surface area contributed by atoms with Gasteiger partial charge >= 0.3 is 0 Å². The Morgan fingerprint density at radius 3 is 2.62 bits per heavy atom. The van der Waals surface area contributed by atoms with E-state index in [1.807, 2.05) is 0 Å². The summed E-state index contributed by atoms with van der Waals surface area (Å²) in [5.74, 6) is 0. The van der Waals surface area contributed by atoms with Crippen molar-refractivity contribution in [2.45, 2.75) is 11.6 Å². The third-order valence-corrected chi connectivity index (χ3v) is 2.75. The maximum absolute atomic E-state index is 11.0. The zero-order valence-electron chi connectivity index (χ0n) is 6.86. The lowest BCUT2D eigenvalue weighted by Crippen LogP contribution is -2.03. The molecule has 1 N–H and O–H groups in total. The highest BCUT2D eigenvalue weighted by Crippen LogP contribution is 2.16. The van der Waals surface area contributed by atoms with Crippen LogP contribution in [0.2, 0.25) is 5.02 Å². The lowest BCUT2D eigenvalue weighted by Gasteiger charge is -2.01. The lowest BCUT2D eigenvalue weighted by atomic mass is 10.4. The van der Waals surface area contributed by atoms with Crippen LogP contribution in [0, 0.1) is 0 Å². The molecule has 1 aromatic heterocycles. The van der Waals surface area contributed by atoms with E-state index in [4.69, 9.17) is 16.7 Å². The minimum absolute atomic E-state index is 0.0825. The Kier molecular flexibility index (Phi) is 2.90. The molecule has 0 unspecified atom stereocenters. The fraction of sp³-hybridized carbons (Fsp3) is 0.286. The first-order valence-electron chi connectivity index (χ1n) is 3.41. The van der Waals surface area contributed by atoms with E-state index in [-0.39, 0.29) is 22.3 Å². The highest BCUT2D eigenvalue weighted by atomic mass is 35.5. The molecule has 0 bridgehead atoms. The van der Waals surface area contributed by atoms with E-state index in [9.17, 15) is 8.42 Å². The van der Waals surface area contributed by atoms with Crippen LogP contribution in [0.15, 0.2) is 17.2 Å². The summed E-state index contributed by atoms with van der Waals surface area (Å²) in [6, 6.07) is 2.70. The SMILES string of the molecule is CS(=O)(=O)c1ccc(Cl)c(CO)n1. The lowest BCUT2D eigenvalue weighted by molar-refractivity contribution is 0.276. The number of sulfone groups is 1. The van der Waals surface area contributed by atoms with Gasteiger partial charge in [-0.1, -0.05) is 11.6 Å².